The summed E-state index contributed by atoms with van der Waals surface area (Å²) in [4.78, 5) is 0. The summed E-state index contributed by atoms with van der Waals surface area (Å²) in [5.74, 6) is 0. The van der Waals surface area contributed by atoms with E-state index >= 15 is 0 Å². The molecular weight excluding hydrogens is 128 g/mol. The highest BCUT2D eigenvalue weighted by Crippen LogP contribution is 1.87. The van der Waals surface area contributed by atoms with Gasteiger partial charge >= 0.3 is 0 Å². The number of nitrogens with one attached hydrogen (secondary N) is 2. The van der Waals surface area contributed by atoms with Gasteiger partial charge in [0, 0.05) is 19.1 Å². The fourth-order valence-electron chi connectivity index (χ4n) is 0.529. The van der Waals surface area contributed by atoms with E-state index in [4.69, 9.17) is 0 Å². The fraction of sp³-hybridized carbons (Fsp3) is 1.00. The summed E-state index contributed by atoms with van der Waals surface area (Å²) in [6.07, 6.45) is 0. The van der Waals surface area contributed by atoms with Crippen molar-refractivity contribution in [3.8, 4) is 0 Å². The molecule has 4 nitrogen and oxygen atoms in total. The maximum Gasteiger partial charge on any atom is 0.201 e. The van der Waals surface area contributed by atoms with E-state index in [2.05, 4.69) is 10.0 Å². The average molecular weight is 136 g/mol. The van der Waals surface area contributed by atoms with Crippen LogP contribution in [-0.4, -0.2) is 27.5 Å². The van der Waals surface area contributed by atoms with Gasteiger partial charge in [0.25, 0.3) is 0 Å². The predicted molar refractivity (Wildman–Crippen MR) is 30.1 cm³/mol. The summed E-state index contributed by atoms with van der Waals surface area (Å²) < 4.78 is 22.2. The highest BCUT2D eigenvalue weighted by molar-refractivity contribution is 7.70. The molecule has 0 spiro atoms. The van der Waals surface area contributed by atoms with Gasteiger partial charge in [-0.3, -0.25) is 0 Å². The second-order valence-corrected chi connectivity index (χ2v) is 2.51. The lowest BCUT2D eigenvalue weighted by atomic mass is 10.2. The molecule has 48 valence electrons. The minimum Gasteiger partial charge on any atom is -0.313 e. The Morgan fingerprint density at radius 3 is 2.25 bits per heavy atom. The van der Waals surface area contributed by atoms with Crippen molar-refractivity contribution in [1.82, 2.24) is 10.0 Å². The molecule has 5 heteroatoms. The van der Waals surface area contributed by atoms with E-state index in [9.17, 15) is 8.42 Å². The number of hydrogen-bond acceptors (Lipinski definition) is 3. The molecule has 0 unspecified atom stereocenters. The van der Waals surface area contributed by atoms with E-state index in [1.54, 1.807) is 0 Å². The Kier molecular flexibility index (Phi) is 1.82. The van der Waals surface area contributed by atoms with Crippen molar-refractivity contribution in [1.29, 1.82) is 0 Å². The molecule has 1 aliphatic heterocycles. The third-order valence-corrected chi connectivity index (χ3v) is 1.65. The van der Waals surface area contributed by atoms with Crippen LogP contribution in [0, 0.1) is 0 Å². The van der Waals surface area contributed by atoms with Crippen LogP contribution in [-0.2, 0) is 10.9 Å². The molecule has 0 amide bonds. The van der Waals surface area contributed by atoms with Crippen LogP contribution in [0.3, 0.4) is 0 Å². The third-order valence-electron chi connectivity index (χ3n) is 1.07. The number of rotatable bonds is 2. The molecule has 8 heavy (non-hydrogen) atoms. The third kappa shape index (κ3) is 1.43. The Balaban J connectivity index is 2.19. The minimum atomic E-state index is -2.38. The van der Waals surface area contributed by atoms with Crippen molar-refractivity contribution < 1.29 is 8.42 Å². The Labute approximate surface area is 49.4 Å². The van der Waals surface area contributed by atoms with E-state index in [-0.39, 0.29) is 6.04 Å². The summed E-state index contributed by atoms with van der Waals surface area (Å²) in [6.45, 7) is 1.53. The zero-order valence-corrected chi connectivity index (χ0v) is 5.15. The smallest absolute Gasteiger partial charge is 0.201 e. The molecule has 0 aromatic heterocycles. The summed E-state index contributed by atoms with van der Waals surface area (Å²) >= 11 is 0. The Bertz CT molecular complexity index is 132. The van der Waals surface area contributed by atoms with Crippen LogP contribution in [0.25, 0.3) is 0 Å². The Morgan fingerprint density at radius 2 is 2.12 bits per heavy atom. The lowest BCUT2D eigenvalue weighted by Gasteiger charge is -2.24. The molecular formula is C3H8N2O2S. The monoisotopic (exact) mass is 136 g/mol. The first-order valence-corrected chi connectivity index (χ1v) is 3.58. The zero-order chi connectivity index (χ0) is 5.98. The van der Waals surface area contributed by atoms with Crippen molar-refractivity contribution in [2.24, 2.45) is 0 Å². The zero-order valence-electron chi connectivity index (χ0n) is 4.26. The summed E-state index contributed by atoms with van der Waals surface area (Å²) in [5.41, 5.74) is 0. The molecule has 1 saturated heterocycles. The predicted octanol–water partition coefficient (Wildman–Crippen LogP) is -1.93. The average Bonchev–Trinajstić information content (AvgIpc) is 1.55. The van der Waals surface area contributed by atoms with Gasteiger partial charge in [0.2, 0.25) is 10.9 Å². The molecule has 1 aliphatic rings. The Morgan fingerprint density at radius 1 is 1.50 bits per heavy atom. The van der Waals surface area contributed by atoms with Gasteiger partial charge < -0.3 is 5.32 Å². The summed E-state index contributed by atoms with van der Waals surface area (Å²) in [7, 11) is -2.38. The molecule has 2 N–H and O–H groups in total. The molecule has 0 saturated carbocycles. The summed E-state index contributed by atoms with van der Waals surface area (Å²) in [5, 5.41) is 2.94. The van der Waals surface area contributed by atoms with E-state index < -0.39 is 10.9 Å². The molecule has 1 fully saturated rings. The van der Waals surface area contributed by atoms with Crippen molar-refractivity contribution in [3.63, 3.8) is 0 Å². The van der Waals surface area contributed by atoms with Crippen LogP contribution in [0.1, 0.15) is 0 Å². The molecule has 0 atom stereocenters. The van der Waals surface area contributed by atoms with Gasteiger partial charge in [0.1, 0.15) is 0 Å². The Hall–Kier alpha value is -0.130. The van der Waals surface area contributed by atoms with Gasteiger partial charge in [-0.1, -0.05) is 0 Å². The van der Waals surface area contributed by atoms with Crippen molar-refractivity contribution in [2.75, 3.05) is 13.1 Å². The lowest BCUT2D eigenvalue weighted by molar-refractivity contribution is 0.414. The molecule has 0 aromatic rings. The quantitative estimate of drug-likeness (QED) is 0.388. The van der Waals surface area contributed by atoms with Gasteiger partial charge in [-0.25, -0.2) is 13.1 Å². The second-order valence-electron chi connectivity index (χ2n) is 1.74. The lowest BCUT2D eigenvalue weighted by Crippen LogP contribution is -2.54. The van der Waals surface area contributed by atoms with Crippen LogP contribution in [0.2, 0.25) is 0 Å². The van der Waals surface area contributed by atoms with Gasteiger partial charge in [0.05, 0.1) is 0 Å². The van der Waals surface area contributed by atoms with Crippen LogP contribution in [0.5, 0.6) is 0 Å². The largest absolute Gasteiger partial charge is 0.313 e. The topological polar surface area (TPSA) is 58.2 Å². The SMILES string of the molecule is O=[SH](=O)NC1CNC1. The van der Waals surface area contributed by atoms with E-state index in [0.29, 0.717) is 0 Å². The normalized spacial score (nSPS) is 21.1. The highest BCUT2D eigenvalue weighted by Gasteiger charge is 2.15. The summed E-state index contributed by atoms with van der Waals surface area (Å²) in [6, 6.07) is 0.149. The molecule has 0 aliphatic carbocycles. The number of hydrogen-bond donors (Lipinski definition) is 3. The maximum absolute atomic E-state index is 9.90. The first-order valence-electron chi connectivity index (χ1n) is 2.40. The van der Waals surface area contributed by atoms with Gasteiger partial charge in [0.15, 0.2) is 0 Å². The molecule has 1 rings (SSSR count). The first kappa shape index (κ1) is 6.00. The second kappa shape index (κ2) is 2.43. The van der Waals surface area contributed by atoms with E-state index in [1.165, 1.54) is 0 Å². The van der Waals surface area contributed by atoms with E-state index in [1.807, 2.05) is 0 Å². The molecule has 0 aromatic carbocycles. The molecule has 0 radical (unpaired) electrons. The fourth-order valence-corrected chi connectivity index (χ4v) is 1.01. The van der Waals surface area contributed by atoms with Crippen molar-refractivity contribution in [3.05, 3.63) is 0 Å². The number of thiol groups is 1. The maximum atomic E-state index is 9.90. The van der Waals surface area contributed by atoms with Crippen molar-refractivity contribution >= 4 is 10.9 Å². The van der Waals surface area contributed by atoms with Crippen LogP contribution >= 0.6 is 0 Å². The minimum absolute atomic E-state index is 0.149. The van der Waals surface area contributed by atoms with Crippen LogP contribution in [0.4, 0.5) is 0 Å². The first-order chi connectivity index (χ1) is 3.79. The van der Waals surface area contributed by atoms with Crippen LogP contribution < -0.4 is 10.0 Å². The van der Waals surface area contributed by atoms with Gasteiger partial charge in [-0.05, 0) is 0 Å². The van der Waals surface area contributed by atoms with Crippen LogP contribution in [0.15, 0.2) is 0 Å². The standard InChI is InChI=1S/C3H8N2O2S/c6-8(7)5-3-1-4-2-3/h3-4,8H,1-2H2,(H,5,6,7). The van der Waals surface area contributed by atoms with Gasteiger partial charge in [-0.2, -0.15) is 0 Å². The highest BCUT2D eigenvalue weighted by atomic mass is 32.2. The van der Waals surface area contributed by atoms with Crippen molar-refractivity contribution in [2.45, 2.75) is 6.04 Å². The molecule has 1 heterocycles. The molecule has 0 bridgehead atoms. The van der Waals surface area contributed by atoms with Gasteiger partial charge in [-0.15, -0.1) is 0 Å². The van der Waals surface area contributed by atoms with E-state index in [0.717, 1.165) is 13.1 Å².